The van der Waals surface area contributed by atoms with E-state index in [2.05, 4.69) is 22.1 Å². The number of primary amides is 1. The molecule has 1 aliphatic rings. The Bertz CT molecular complexity index is 1040. The van der Waals surface area contributed by atoms with E-state index in [1.807, 2.05) is 11.8 Å². The van der Waals surface area contributed by atoms with Crippen molar-refractivity contribution in [3.8, 4) is 11.8 Å². The number of benzene rings is 1. The van der Waals surface area contributed by atoms with Crippen LogP contribution in [0.4, 0.5) is 10.1 Å². The number of hydrogen-bond acceptors (Lipinski definition) is 3. The summed E-state index contributed by atoms with van der Waals surface area (Å²) in [7, 11) is 0. The van der Waals surface area contributed by atoms with Crippen LogP contribution in [0.1, 0.15) is 42.7 Å². The zero-order valence-corrected chi connectivity index (χ0v) is 16.8. The molecule has 1 aromatic heterocycles. The molecule has 2 heterocycles. The van der Waals surface area contributed by atoms with E-state index in [1.165, 1.54) is 0 Å². The van der Waals surface area contributed by atoms with Gasteiger partial charge in [-0.15, -0.1) is 0 Å². The number of halogens is 2. The van der Waals surface area contributed by atoms with Crippen LogP contribution in [0, 0.1) is 24.6 Å². The van der Waals surface area contributed by atoms with E-state index in [4.69, 9.17) is 17.3 Å². The molecule has 0 radical (unpaired) electrons. The van der Waals surface area contributed by atoms with Crippen molar-refractivity contribution in [3.63, 3.8) is 0 Å². The molecule has 0 aliphatic carbocycles. The number of rotatable bonds is 3. The van der Waals surface area contributed by atoms with Gasteiger partial charge in [0.25, 0.3) is 11.8 Å². The highest BCUT2D eigenvalue weighted by molar-refractivity contribution is 6.38. The van der Waals surface area contributed by atoms with Crippen molar-refractivity contribution in [1.29, 1.82) is 0 Å². The summed E-state index contributed by atoms with van der Waals surface area (Å²) in [5.41, 5.74) is 6.24. The van der Waals surface area contributed by atoms with Crippen LogP contribution >= 0.6 is 11.6 Å². The molecule has 28 heavy (non-hydrogen) atoms. The van der Waals surface area contributed by atoms with Gasteiger partial charge in [0.2, 0.25) is 0 Å². The standard InChI is InChI=1S/C20H22ClFN4O2/c1-4-6-14(27)25-20(3)7-5-8-26(10-20)18-13(22)9-12(19(23)28)17-15(18)16(21)11(2)24-17/h9,24H,5,7-8,10H2,1-3H3,(H2,23,28)(H,25,27). The van der Waals surface area contributed by atoms with Gasteiger partial charge in [0.05, 0.1) is 27.3 Å². The predicted octanol–water partition coefficient (Wildman–Crippen LogP) is 2.87. The first-order valence-corrected chi connectivity index (χ1v) is 9.34. The molecule has 2 amide bonds. The molecule has 0 saturated carbocycles. The lowest BCUT2D eigenvalue weighted by atomic mass is 9.90. The Kier molecular flexibility index (Phi) is 5.26. The zero-order chi connectivity index (χ0) is 20.6. The first-order valence-electron chi connectivity index (χ1n) is 8.97. The highest BCUT2D eigenvalue weighted by Crippen LogP contribution is 2.40. The van der Waals surface area contributed by atoms with E-state index < -0.39 is 17.3 Å². The number of aryl methyl sites for hydroxylation is 1. The average Bonchev–Trinajstić information content (AvgIpc) is 2.89. The molecule has 1 saturated heterocycles. The molecule has 2 aromatic rings. The van der Waals surface area contributed by atoms with Gasteiger partial charge in [-0.2, -0.15) is 0 Å². The van der Waals surface area contributed by atoms with Gasteiger partial charge in [-0.05, 0) is 45.6 Å². The topological polar surface area (TPSA) is 91.2 Å². The van der Waals surface area contributed by atoms with Gasteiger partial charge in [0.1, 0.15) is 5.82 Å². The first kappa shape index (κ1) is 20.0. The number of hydrogen-bond donors (Lipinski definition) is 3. The quantitative estimate of drug-likeness (QED) is 0.687. The van der Waals surface area contributed by atoms with Crippen LogP contribution in [0.2, 0.25) is 5.02 Å². The number of aromatic amines is 1. The van der Waals surface area contributed by atoms with Crippen molar-refractivity contribution in [1.82, 2.24) is 10.3 Å². The van der Waals surface area contributed by atoms with Gasteiger partial charge in [0.15, 0.2) is 0 Å². The fourth-order valence-corrected chi connectivity index (χ4v) is 4.10. The monoisotopic (exact) mass is 404 g/mol. The van der Waals surface area contributed by atoms with Crippen molar-refractivity contribution >= 4 is 40.0 Å². The van der Waals surface area contributed by atoms with Crippen LogP contribution in [-0.4, -0.2) is 35.4 Å². The normalized spacial score (nSPS) is 19.2. The molecule has 6 nitrogen and oxygen atoms in total. The Morgan fingerprint density at radius 3 is 2.82 bits per heavy atom. The number of carbonyl (C=O) groups excluding carboxylic acids is 2. The number of amides is 2. The number of piperidine rings is 1. The second kappa shape index (κ2) is 7.36. The summed E-state index contributed by atoms with van der Waals surface area (Å²) < 4.78 is 15.1. The number of nitrogens with zero attached hydrogens (tertiary/aromatic N) is 1. The zero-order valence-electron chi connectivity index (χ0n) is 16.0. The number of fused-ring (bicyclic) bond motifs is 1. The number of carbonyl (C=O) groups is 2. The molecular weight excluding hydrogens is 383 g/mol. The van der Waals surface area contributed by atoms with Gasteiger partial charge in [-0.25, -0.2) is 4.39 Å². The fourth-order valence-electron chi connectivity index (χ4n) is 3.87. The number of anilines is 1. The lowest BCUT2D eigenvalue weighted by Crippen LogP contribution is -2.57. The van der Waals surface area contributed by atoms with Gasteiger partial charge >= 0.3 is 0 Å². The van der Waals surface area contributed by atoms with Crippen molar-refractivity contribution in [3.05, 3.63) is 28.2 Å². The van der Waals surface area contributed by atoms with Crippen molar-refractivity contribution in [2.45, 2.75) is 39.2 Å². The van der Waals surface area contributed by atoms with E-state index >= 15 is 4.39 Å². The maximum atomic E-state index is 15.1. The molecule has 1 atom stereocenters. The molecule has 0 spiro atoms. The summed E-state index contributed by atoms with van der Waals surface area (Å²) >= 11 is 6.45. The minimum Gasteiger partial charge on any atom is -0.366 e. The Morgan fingerprint density at radius 1 is 1.46 bits per heavy atom. The summed E-state index contributed by atoms with van der Waals surface area (Å²) in [6, 6.07) is 1.14. The number of H-pyrrole nitrogens is 1. The Morgan fingerprint density at radius 2 is 2.18 bits per heavy atom. The Hall–Kier alpha value is -2.72. The molecule has 1 unspecified atom stereocenters. The molecule has 1 aromatic carbocycles. The first-order chi connectivity index (χ1) is 13.2. The third kappa shape index (κ3) is 3.52. The van der Waals surface area contributed by atoms with Crippen LogP contribution in [0.25, 0.3) is 10.9 Å². The Labute approximate surface area is 167 Å². The lowest BCUT2D eigenvalue weighted by Gasteiger charge is -2.42. The minimum atomic E-state index is -0.734. The van der Waals surface area contributed by atoms with Crippen LogP contribution in [0.3, 0.4) is 0 Å². The molecule has 148 valence electrons. The highest BCUT2D eigenvalue weighted by Gasteiger charge is 2.35. The SMILES string of the molecule is CC#CC(=O)NC1(C)CCCN(c2c(F)cc(C(N)=O)c3[nH]c(C)c(Cl)c23)C1. The average molecular weight is 405 g/mol. The largest absolute Gasteiger partial charge is 0.366 e. The van der Waals surface area contributed by atoms with Crippen LogP contribution in [0.15, 0.2) is 6.07 Å². The predicted molar refractivity (Wildman–Crippen MR) is 108 cm³/mol. The van der Waals surface area contributed by atoms with E-state index in [0.29, 0.717) is 40.4 Å². The number of aromatic nitrogens is 1. The summed E-state index contributed by atoms with van der Waals surface area (Å²) in [4.78, 5) is 28.6. The van der Waals surface area contributed by atoms with Gasteiger partial charge in [-0.3, -0.25) is 9.59 Å². The maximum Gasteiger partial charge on any atom is 0.296 e. The smallest absolute Gasteiger partial charge is 0.296 e. The van der Waals surface area contributed by atoms with Crippen molar-refractivity contribution in [2.75, 3.05) is 18.0 Å². The lowest BCUT2D eigenvalue weighted by molar-refractivity contribution is -0.117. The number of nitrogens with two attached hydrogens (primary N) is 1. The van der Waals surface area contributed by atoms with E-state index in [9.17, 15) is 9.59 Å². The van der Waals surface area contributed by atoms with E-state index in [-0.39, 0.29) is 11.5 Å². The van der Waals surface area contributed by atoms with Crippen LogP contribution < -0.4 is 16.0 Å². The van der Waals surface area contributed by atoms with Crippen molar-refractivity contribution < 1.29 is 14.0 Å². The third-order valence-corrected chi connectivity index (χ3v) is 5.52. The summed E-state index contributed by atoms with van der Waals surface area (Å²) in [6.45, 7) is 6.22. The number of nitrogens with one attached hydrogen (secondary N) is 2. The molecule has 4 N–H and O–H groups in total. The van der Waals surface area contributed by atoms with Crippen LogP contribution in [-0.2, 0) is 4.79 Å². The molecule has 3 rings (SSSR count). The minimum absolute atomic E-state index is 0.0533. The van der Waals surface area contributed by atoms with Crippen LogP contribution in [0.5, 0.6) is 0 Å². The van der Waals surface area contributed by atoms with Gasteiger partial charge in [-0.1, -0.05) is 17.5 Å². The summed E-state index contributed by atoms with van der Waals surface area (Å²) in [6.07, 6.45) is 1.49. The Balaban J connectivity index is 2.09. The molecule has 1 fully saturated rings. The second-order valence-corrected chi connectivity index (χ2v) is 7.73. The fraction of sp³-hybridized carbons (Fsp3) is 0.400. The summed E-state index contributed by atoms with van der Waals surface area (Å²) in [5.74, 6) is 3.38. The summed E-state index contributed by atoms with van der Waals surface area (Å²) in [5, 5.41) is 3.70. The maximum absolute atomic E-state index is 15.1. The highest BCUT2D eigenvalue weighted by atomic mass is 35.5. The van der Waals surface area contributed by atoms with Crippen molar-refractivity contribution in [2.24, 2.45) is 5.73 Å². The van der Waals surface area contributed by atoms with E-state index in [0.717, 1.165) is 18.9 Å². The second-order valence-electron chi connectivity index (χ2n) is 7.35. The molecule has 0 bridgehead atoms. The van der Waals surface area contributed by atoms with E-state index in [1.54, 1.807) is 13.8 Å². The van der Waals surface area contributed by atoms with Gasteiger partial charge in [0, 0.05) is 24.2 Å². The molecule has 1 aliphatic heterocycles. The molecule has 8 heteroatoms. The van der Waals surface area contributed by atoms with Gasteiger partial charge < -0.3 is 20.9 Å². The molecular formula is C20H22ClFN4O2. The third-order valence-electron chi connectivity index (χ3n) is 5.05.